The Bertz CT molecular complexity index is 904. The molecule has 1 atom stereocenters. The minimum atomic E-state index is -4.41. The fourth-order valence-corrected chi connectivity index (χ4v) is 3.03. The zero-order valence-corrected chi connectivity index (χ0v) is 17.8. The molecule has 2 rings (SSSR count). The van der Waals surface area contributed by atoms with Crippen molar-refractivity contribution in [3.63, 3.8) is 0 Å². The molecule has 2 aromatic carbocycles. The summed E-state index contributed by atoms with van der Waals surface area (Å²) in [5, 5.41) is 11.9. The maximum absolute atomic E-state index is 12.9. The van der Waals surface area contributed by atoms with Gasteiger partial charge in [0.25, 0.3) is 0 Å². The van der Waals surface area contributed by atoms with Crippen LogP contribution in [-0.2, 0) is 27.9 Å². The number of carboxylic acids is 1. The Hall–Kier alpha value is -2.87. The second kappa shape index (κ2) is 9.51. The third-order valence-electron chi connectivity index (χ3n) is 4.86. The summed E-state index contributed by atoms with van der Waals surface area (Å²) in [7, 11) is 0. The van der Waals surface area contributed by atoms with Crippen LogP contribution in [0.3, 0.4) is 0 Å². The van der Waals surface area contributed by atoms with Crippen LogP contribution < -0.4 is 5.32 Å². The van der Waals surface area contributed by atoms with E-state index in [-0.39, 0.29) is 24.0 Å². The number of amides is 1. The second-order valence-corrected chi connectivity index (χ2v) is 8.17. The lowest BCUT2D eigenvalue weighted by atomic mass is 9.92. The maximum atomic E-state index is 12.9. The molecule has 0 fully saturated rings. The SMILES string of the molecule is CC(C)[C@@H](OCc1ccc(C(F)(F)F)cc1)C(=O)NC(C)(C)c1ccc(C(=O)O)cc1. The van der Waals surface area contributed by atoms with Crippen LogP contribution in [0, 0.1) is 5.92 Å². The van der Waals surface area contributed by atoms with Crippen molar-refractivity contribution in [3.05, 3.63) is 70.8 Å². The van der Waals surface area contributed by atoms with Crippen molar-refractivity contribution in [1.29, 1.82) is 0 Å². The van der Waals surface area contributed by atoms with E-state index in [0.717, 1.165) is 17.7 Å². The van der Waals surface area contributed by atoms with Gasteiger partial charge in [0.05, 0.1) is 23.3 Å². The van der Waals surface area contributed by atoms with E-state index in [9.17, 15) is 22.8 Å². The van der Waals surface area contributed by atoms with Gasteiger partial charge < -0.3 is 15.2 Å². The average Bonchev–Trinajstić information content (AvgIpc) is 2.67. The molecular formula is C23H26F3NO4. The lowest BCUT2D eigenvalue weighted by Gasteiger charge is -2.30. The van der Waals surface area contributed by atoms with E-state index in [2.05, 4.69) is 5.32 Å². The monoisotopic (exact) mass is 437 g/mol. The number of rotatable bonds is 8. The summed E-state index contributed by atoms with van der Waals surface area (Å²) in [6.07, 6.45) is -5.23. The van der Waals surface area contributed by atoms with Crippen LogP contribution in [0.5, 0.6) is 0 Å². The van der Waals surface area contributed by atoms with Crippen molar-refractivity contribution in [2.45, 2.75) is 52.1 Å². The quantitative estimate of drug-likeness (QED) is 0.610. The third-order valence-corrected chi connectivity index (χ3v) is 4.86. The highest BCUT2D eigenvalue weighted by molar-refractivity contribution is 5.87. The number of carbonyl (C=O) groups excluding carboxylic acids is 1. The van der Waals surface area contributed by atoms with Gasteiger partial charge in [-0.05, 0) is 55.2 Å². The van der Waals surface area contributed by atoms with E-state index < -0.39 is 29.4 Å². The lowest BCUT2D eigenvalue weighted by molar-refractivity contribution is -0.138. The number of carbonyl (C=O) groups is 2. The van der Waals surface area contributed by atoms with E-state index in [4.69, 9.17) is 9.84 Å². The molecule has 1 amide bonds. The lowest BCUT2D eigenvalue weighted by Crippen LogP contribution is -2.48. The maximum Gasteiger partial charge on any atom is 0.416 e. The summed E-state index contributed by atoms with van der Waals surface area (Å²) >= 11 is 0. The summed E-state index contributed by atoms with van der Waals surface area (Å²) in [4.78, 5) is 23.9. The smallest absolute Gasteiger partial charge is 0.416 e. The number of carboxylic acid groups (broad SMARTS) is 1. The van der Waals surface area contributed by atoms with Crippen molar-refractivity contribution < 1.29 is 32.6 Å². The number of aromatic carboxylic acids is 1. The van der Waals surface area contributed by atoms with E-state index in [1.165, 1.54) is 24.3 Å². The summed E-state index contributed by atoms with van der Waals surface area (Å²) in [5.41, 5.74) is -0.152. The van der Waals surface area contributed by atoms with Gasteiger partial charge >= 0.3 is 12.1 Å². The minimum Gasteiger partial charge on any atom is -0.478 e. The van der Waals surface area contributed by atoms with E-state index in [0.29, 0.717) is 5.56 Å². The Morgan fingerprint density at radius 3 is 1.94 bits per heavy atom. The number of alkyl halides is 3. The Morgan fingerprint density at radius 2 is 1.48 bits per heavy atom. The Labute approximate surface area is 179 Å². The highest BCUT2D eigenvalue weighted by Crippen LogP contribution is 2.29. The number of ether oxygens (including phenoxy) is 1. The van der Waals surface area contributed by atoms with Crippen LogP contribution in [0.25, 0.3) is 0 Å². The first kappa shape index (κ1) is 24.4. The van der Waals surface area contributed by atoms with Crippen LogP contribution in [0.1, 0.15) is 54.7 Å². The predicted octanol–water partition coefficient (Wildman–Crippen LogP) is 5.00. The van der Waals surface area contributed by atoms with Crippen molar-refractivity contribution in [2.75, 3.05) is 0 Å². The predicted molar refractivity (Wildman–Crippen MR) is 109 cm³/mol. The van der Waals surface area contributed by atoms with Gasteiger partial charge in [-0.15, -0.1) is 0 Å². The average molecular weight is 437 g/mol. The molecule has 0 saturated heterocycles. The Kier molecular flexibility index (Phi) is 7.49. The topological polar surface area (TPSA) is 75.6 Å². The first-order valence-electron chi connectivity index (χ1n) is 9.75. The van der Waals surface area contributed by atoms with E-state index in [1.54, 1.807) is 26.0 Å². The zero-order valence-electron chi connectivity index (χ0n) is 17.8. The number of nitrogens with one attached hydrogen (secondary N) is 1. The van der Waals surface area contributed by atoms with Crippen LogP contribution in [-0.4, -0.2) is 23.1 Å². The molecule has 0 unspecified atom stereocenters. The van der Waals surface area contributed by atoms with Gasteiger partial charge in [0, 0.05) is 0 Å². The molecule has 0 aliphatic heterocycles. The molecule has 2 N–H and O–H groups in total. The molecule has 0 heterocycles. The largest absolute Gasteiger partial charge is 0.478 e. The van der Waals surface area contributed by atoms with Gasteiger partial charge in [-0.2, -0.15) is 13.2 Å². The molecule has 168 valence electrons. The van der Waals surface area contributed by atoms with Gasteiger partial charge in [-0.25, -0.2) is 4.79 Å². The van der Waals surface area contributed by atoms with Crippen molar-refractivity contribution in [1.82, 2.24) is 5.32 Å². The Morgan fingerprint density at radius 1 is 0.968 bits per heavy atom. The van der Waals surface area contributed by atoms with Gasteiger partial charge in [-0.3, -0.25) is 4.79 Å². The van der Waals surface area contributed by atoms with Crippen LogP contribution >= 0.6 is 0 Å². The van der Waals surface area contributed by atoms with Gasteiger partial charge in [0.1, 0.15) is 6.10 Å². The van der Waals surface area contributed by atoms with Crippen molar-refractivity contribution in [3.8, 4) is 0 Å². The van der Waals surface area contributed by atoms with Gasteiger partial charge in [0.2, 0.25) is 5.91 Å². The number of halogens is 3. The van der Waals surface area contributed by atoms with E-state index in [1.807, 2.05) is 13.8 Å². The molecule has 0 aliphatic rings. The summed E-state index contributed by atoms with van der Waals surface area (Å²) in [6.45, 7) is 7.18. The number of benzene rings is 2. The third kappa shape index (κ3) is 6.55. The Balaban J connectivity index is 2.06. The first-order chi connectivity index (χ1) is 14.3. The second-order valence-electron chi connectivity index (χ2n) is 8.17. The fourth-order valence-electron chi connectivity index (χ4n) is 3.03. The highest BCUT2D eigenvalue weighted by Gasteiger charge is 2.31. The number of hydrogen-bond acceptors (Lipinski definition) is 3. The fraction of sp³-hybridized carbons (Fsp3) is 0.391. The molecule has 0 spiro atoms. The molecule has 0 saturated carbocycles. The van der Waals surface area contributed by atoms with Crippen LogP contribution in [0.15, 0.2) is 48.5 Å². The highest BCUT2D eigenvalue weighted by atomic mass is 19.4. The standard InChI is InChI=1S/C23H26F3NO4/c1-14(2)19(31-13-15-5-9-18(10-6-15)23(24,25)26)20(28)27-22(3,4)17-11-7-16(8-12-17)21(29)30/h5-12,14,19H,13H2,1-4H3,(H,27,28)(H,29,30)/t19-/m1/s1. The van der Waals surface area contributed by atoms with E-state index >= 15 is 0 Å². The molecule has 0 aliphatic carbocycles. The van der Waals surface area contributed by atoms with Crippen molar-refractivity contribution >= 4 is 11.9 Å². The summed E-state index contributed by atoms with van der Waals surface area (Å²) in [6, 6.07) is 10.8. The zero-order chi connectivity index (χ0) is 23.4. The number of hydrogen-bond donors (Lipinski definition) is 2. The molecule has 31 heavy (non-hydrogen) atoms. The molecule has 8 heteroatoms. The first-order valence-corrected chi connectivity index (χ1v) is 9.75. The molecular weight excluding hydrogens is 411 g/mol. The van der Waals surface area contributed by atoms with Gasteiger partial charge in [0.15, 0.2) is 0 Å². The molecule has 0 aromatic heterocycles. The van der Waals surface area contributed by atoms with Gasteiger partial charge in [-0.1, -0.05) is 38.1 Å². The molecule has 5 nitrogen and oxygen atoms in total. The van der Waals surface area contributed by atoms with Crippen molar-refractivity contribution in [2.24, 2.45) is 5.92 Å². The molecule has 2 aromatic rings. The summed E-state index contributed by atoms with van der Waals surface area (Å²) < 4.78 is 43.8. The van der Waals surface area contributed by atoms with Crippen LogP contribution in [0.4, 0.5) is 13.2 Å². The van der Waals surface area contributed by atoms with Crippen LogP contribution in [0.2, 0.25) is 0 Å². The molecule has 0 bridgehead atoms. The minimum absolute atomic E-state index is 0.0118. The summed E-state index contributed by atoms with van der Waals surface area (Å²) in [5.74, 6) is -1.58. The molecule has 0 radical (unpaired) electrons. The normalized spacial score (nSPS) is 13.2.